The van der Waals surface area contributed by atoms with E-state index in [1.165, 1.54) is 83.5 Å². The van der Waals surface area contributed by atoms with Gasteiger partial charge in [0.05, 0.1) is 119 Å². The van der Waals surface area contributed by atoms with Gasteiger partial charge in [0.2, 0.25) is 0 Å². The van der Waals surface area contributed by atoms with Crippen LogP contribution in [0.5, 0.6) is 0 Å². The van der Waals surface area contributed by atoms with E-state index in [0.717, 1.165) is 245 Å². The van der Waals surface area contributed by atoms with Gasteiger partial charge in [-0.3, -0.25) is 0 Å². The van der Waals surface area contributed by atoms with Gasteiger partial charge in [-0.25, -0.2) is 0 Å². The number of rotatable bonds is 71. The van der Waals surface area contributed by atoms with Crippen LogP contribution in [-0.4, -0.2) is 306 Å². The number of methoxy groups -OCH3 is 2. The fourth-order valence-electron chi connectivity index (χ4n) is 13.8. The van der Waals surface area contributed by atoms with Crippen LogP contribution in [0.15, 0.2) is 0 Å². The van der Waals surface area contributed by atoms with Crippen LogP contribution in [0.4, 0.5) is 13.2 Å². The topological polar surface area (TPSA) is 680 Å². The Bertz CT molecular complexity index is 1950. The smallest absolute Gasteiger partial charge is 0.389 e. The highest BCUT2D eigenvalue weighted by molar-refractivity contribution is 4.83. The Labute approximate surface area is 867 Å². The summed E-state index contributed by atoms with van der Waals surface area (Å²) in [7, 11) is 3.36. The predicted molar refractivity (Wildman–Crippen MR) is 597 cm³/mol. The zero-order valence-corrected chi connectivity index (χ0v) is 96.1. The lowest BCUT2D eigenvalue weighted by atomic mass is 9.80. The summed E-state index contributed by atoms with van der Waals surface area (Å²) in [5.74, 6) is 3.26. The second-order valence-corrected chi connectivity index (χ2v) is 38.5. The van der Waals surface area contributed by atoms with Crippen LogP contribution in [0, 0.1) is 67.5 Å². The molecule has 0 aliphatic carbocycles. The summed E-state index contributed by atoms with van der Waals surface area (Å²) in [5.41, 5.74) is 65.5. The van der Waals surface area contributed by atoms with Crippen LogP contribution in [0.2, 0.25) is 0 Å². The molecule has 1 unspecified atom stereocenters. The fourth-order valence-corrected chi connectivity index (χ4v) is 13.8. The SMILES string of the molecule is CC(CCN)CCN.CCC(CN)CCOC.CCCC(C)(CO)CO.CCCC(CCN)CCN.CCCC(CN)CN.CCCC(CO)(CO)CC(F)(F)F.CCCC(CO)(CO)CCC.CCCC(CO)(CO)CCC.CCCC(CO)(CO)CO.CCCCC(CN)CN.CCCCC(CO)(CO)CCC.CCCCC(CO)(CO)CO.CCCCCN.CCCCN.CCCN.COCCN. The molecule has 0 aliphatic rings. The molecule has 0 bridgehead atoms. The predicted octanol–water partition coefficient (Wildman–Crippen LogP) is 12.7. The molecule has 141 heavy (non-hydrogen) atoms. The molecule has 42 N–H and O–H groups in total. The van der Waals surface area contributed by atoms with Crippen LogP contribution >= 0.6 is 0 Å². The number of unbranched alkanes of at least 4 members (excludes halogenated alkanes) is 6. The molecule has 0 saturated carbocycles. The first kappa shape index (κ1) is 175. The van der Waals surface area contributed by atoms with Crippen LogP contribution in [0.3, 0.4) is 0 Å². The first-order chi connectivity index (χ1) is 67.1. The molecular formula is C107H256F3N13O18. The summed E-state index contributed by atoms with van der Waals surface area (Å²) in [4.78, 5) is 0. The van der Waals surface area contributed by atoms with Gasteiger partial charge in [0.15, 0.2) is 0 Å². The van der Waals surface area contributed by atoms with E-state index in [9.17, 15) is 23.4 Å². The lowest BCUT2D eigenvalue weighted by molar-refractivity contribution is -0.171. The van der Waals surface area contributed by atoms with E-state index in [1.807, 2.05) is 27.7 Å². The van der Waals surface area contributed by atoms with Gasteiger partial charge < -0.3 is 166 Å². The maximum atomic E-state index is 12.0. The minimum absolute atomic E-state index is 0.0807. The van der Waals surface area contributed by atoms with Crippen molar-refractivity contribution >= 4 is 0 Å². The maximum Gasteiger partial charge on any atom is 0.389 e. The third kappa shape index (κ3) is 131. The van der Waals surface area contributed by atoms with Crippen LogP contribution in [0.1, 0.15) is 401 Å². The van der Waals surface area contributed by atoms with Crippen LogP contribution in [-0.2, 0) is 9.47 Å². The molecule has 0 spiro atoms. The average Bonchev–Trinajstić information content (AvgIpc) is 0.854. The van der Waals surface area contributed by atoms with Gasteiger partial charge in [-0.2, -0.15) is 13.2 Å². The van der Waals surface area contributed by atoms with Crippen molar-refractivity contribution in [3.05, 3.63) is 0 Å². The summed E-state index contributed by atoms with van der Waals surface area (Å²) >= 11 is 0. The van der Waals surface area contributed by atoms with Crippen LogP contribution in [0.25, 0.3) is 0 Å². The van der Waals surface area contributed by atoms with E-state index in [0.29, 0.717) is 56.1 Å². The van der Waals surface area contributed by atoms with Gasteiger partial charge in [-0.05, 0) is 237 Å². The Balaban J connectivity index is -0.0000000850. The highest BCUT2D eigenvalue weighted by Gasteiger charge is 2.41. The molecule has 0 aromatic heterocycles. The molecule has 0 aliphatic heterocycles. The molecule has 0 radical (unpaired) electrons. The van der Waals surface area contributed by atoms with Crippen molar-refractivity contribution in [3.8, 4) is 0 Å². The van der Waals surface area contributed by atoms with E-state index in [1.54, 1.807) is 21.1 Å². The molecule has 31 nitrogen and oxygen atoms in total. The molecule has 0 saturated heterocycles. The third-order valence-electron chi connectivity index (χ3n) is 24.3. The molecule has 0 heterocycles. The molecule has 0 rings (SSSR count). The fraction of sp³-hybridized carbons (Fsp3) is 1.00. The molecule has 0 fully saturated rings. The van der Waals surface area contributed by atoms with Crippen molar-refractivity contribution in [2.24, 2.45) is 142 Å². The van der Waals surface area contributed by atoms with E-state index in [-0.39, 0.29) is 121 Å². The number of ether oxygens (including phenoxy) is 2. The van der Waals surface area contributed by atoms with Gasteiger partial charge in [-0.1, -0.05) is 266 Å². The van der Waals surface area contributed by atoms with Crippen molar-refractivity contribution < 1.29 is 104 Å². The van der Waals surface area contributed by atoms with Gasteiger partial charge >= 0.3 is 6.18 Å². The largest absolute Gasteiger partial charge is 0.396 e. The van der Waals surface area contributed by atoms with E-state index in [2.05, 4.69) is 102 Å². The minimum atomic E-state index is -4.33. The first-order valence-electron chi connectivity index (χ1n) is 55.0. The van der Waals surface area contributed by atoms with E-state index < -0.39 is 42.1 Å². The van der Waals surface area contributed by atoms with Crippen molar-refractivity contribution in [1.82, 2.24) is 0 Å². The number of aliphatic hydroxyl groups is 16. The van der Waals surface area contributed by atoms with Crippen molar-refractivity contribution in [3.63, 3.8) is 0 Å². The minimum Gasteiger partial charge on any atom is -0.396 e. The summed E-state index contributed by atoms with van der Waals surface area (Å²) in [5, 5.41) is 143. The molecule has 878 valence electrons. The Morgan fingerprint density at radius 2 is 0.482 bits per heavy atom. The summed E-state index contributed by atoms with van der Waals surface area (Å²) < 4.78 is 45.6. The van der Waals surface area contributed by atoms with Gasteiger partial charge in [0.1, 0.15) is 0 Å². The molecule has 0 amide bonds. The lowest BCUT2D eigenvalue weighted by Crippen LogP contribution is -2.35. The zero-order chi connectivity index (χ0) is 113. The van der Waals surface area contributed by atoms with Gasteiger partial charge in [-0.15, -0.1) is 0 Å². The second-order valence-electron chi connectivity index (χ2n) is 38.5. The Hall–Kier alpha value is -1.45. The first-order valence-corrected chi connectivity index (χ1v) is 55.0. The van der Waals surface area contributed by atoms with Gasteiger partial charge in [0, 0.05) is 65.3 Å². The number of aliphatic hydroxyl groups excluding tert-OH is 16. The number of hydrogen-bond acceptors (Lipinski definition) is 31. The Morgan fingerprint density at radius 3 is 0.660 bits per heavy atom. The summed E-state index contributed by atoms with van der Waals surface area (Å²) in [6.45, 7) is 49.8. The monoisotopic (exact) mass is 2070 g/mol. The van der Waals surface area contributed by atoms with E-state index >= 15 is 0 Å². The Morgan fingerprint density at radius 1 is 0.220 bits per heavy atom. The molecule has 0 aromatic rings. The third-order valence-corrected chi connectivity index (χ3v) is 24.3. The number of halogens is 3. The van der Waals surface area contributed by atoms with Gasteiger partial charge in [0.25, 0.3) is 0 Å². The molecule has 1 atom stereocenters. The number of hydrogen-bond donors (Lipinski definition) is 29. The lowest BCUT2D eigenvalue weighted by Gasteiger charge is -2.30. The van der Waals surface area contributed by atoms with Crippen LogP contribution < -0.4 is 74.5 Å². The zero-order valence-electron chi connectivity index (χ0n) is 96.1. The van der Waals surface area contributed by atoms with E-state index in [4.69, 9.17) is 151 Å². The van der Waals surface area contributed by atoms with Crippen molar-refractivity contribution in [2.75, 3.05) is 218 Å². The second kappa shape index (κ2) is 141. The van der Waals surface area contributed by atoms with Crippen molar-refractivity contribution in [1.29, 1.82) is 0 Å². The molecule has 34 heteroatoms. The summed E-state index contributed by atoms with van der Waals surface area (Å²) in [6, 6.07) is 0. The quantitative estimate of drug-likeness (QED) is 0.0251. The summed E-state index contributed by atoms with van der Waals surface area (Å²) in [6.07, 6.45) is 36.9. The molecular weight excluding hydrogens is 1810 g/mol. The number of alkyl halides is 3. The van der Waals surface area contributed by atoms with Crippen molar-refractivity contribution in [2.45, 2.75) is 407 Å². The molecule has 0 aromatic carbocycles. The maximum absolute atomic E-state index is 12.0. The highest BCUT2D eigenvalue weighted by Crippen LogP contribution is 2.37. The highest BCUT2D eigenvalue weighted by atomic mass is 19.4. The standard InChI is InChI=1S/C10H22O2.2C9H20O2.C8H15F3O2.C8H20N2.C8H18O3.C7H18N2.C7H17NO.C7H16O3.C7H16O2.2C6H16N2.C5H13N.C4H11N.C3H9NO.C3H9N/c1-3-5-7-10(8-11,9-12)6-4-2;2*1-3-5-9(7-10,8-11)6-4-2;1-2-3-7(5-12,6-13)4-8(9,10)11;1-2-3-8(4-6-9)5-7-10;1-2-3-4-8(5-9,6-10)7-11;1-2-3-4-7(5-8)6-9;1-3-7(6-8)4-5-9-2;1-2-3-7(4-8,5-9)6-10;1-3-4-7(2,5-8)6-9;1-6(2-4-7)3-5-8;1-2-3-6(4-7)5-8;1-2-3-4-5-6;1-2-3-4-5;1-5-3-2-4;1-2-3-4/h11-12H,3-9H2,1-2H3;2*10-11H,3-8H2,1-2H3;12-13H,2-6H2,1H3;8H,2-7,9-10H2,1H3;9-11H,2-7H2,1H3;7H,2-6,8-9H2,1H3;7H,3-6,8H2,1-2H3;8-10H,2-6H2,1H3;8-9H,3-6H2,1-2H3;2*6H,2-5,7-8H2,1H3;2-6H2,1H3;2-5H2,1H3;2-4H2,1H3;2-4H2,1H3. The normalized spacial score (nSPS) is 11.4. The number of nitrogens with two attached hydrogens (primary N) is 13. The average molecular weight is 2070 g/mol. The Kier molecular flexibility index (Phi) is 175.